The van der Waals surface area contributed by atoms with Crippen LogP contribution in [0, 0.1) is 0 Å². The lowest BCUT2D eigenvalue weighted by atomic mass is 10.1. The van der Waals surface area contributed by atoms with Gasteiger partial charge in [0.2, 0.25) is 0 Å². The number of carbonyl (C=O) groups excluding carboxylic acids is 1. The van der Waals surface area contributed by atoms with Crippen LogP contribution in [-0.4, -0.2) is 13.1 Å². The van der Waals surface area contributed by atoms with E-state index in [-0.39, 0.29) is 12.4 Å². The first-order valence-electron chi connectivity index (χ1n) is 10.0. The highest BCUT2D eigenvalue weighted by Crippen LogP contribution is 2.35. The quantitative estimate of drug-likeness (QED) is 0.293. The molecule has 6 heteroatoms. The van der Waals surface area contributed by atoms with E-state index in [1.54, 1.807) is 18.2 Å². The molecule has 4 nitrogen and oxygen atoms in total. The number of methoxy groups -OCH3 is 1. The molecule has 0 atom stereocenters. The maximum Gasteiger partial charge on any atom is 0.310 e. The average molecular weight is 466 g/mol. The highest BCUT2D eigenvalue weighted by atomic mass is 35.5. The predicted molar refractivity (Wildman–Crippen MR) is 130 cm³/mol. The van der Waals surface area contributed by atoms with Gasteiger partial charge in [-0.05, 0) is 58.3 Å². The van der Waals surface area contributed by atoms with Gasteiger partial charge in [0.1, 0.15) is 12.4 Å². The lowest BCUT2D eigenvalue weighted by Gasteiger charge is -2.16. The van der Waals surface area contributed by atoms with E-state index in [9.17, 15) is 4.79 Å². The van der Waals surface area contributed by atoms with Crippen LogP contribution in [-0.2, 0) is 22.6 Å². The second-order valence-electron chi connectivity index (χ2n) is 7.26. The monoisotopic (exact) mass is 465 g/mol. The third kappa shape index (κ3) is 5.16. The number of benzene rings is 4. The number of anilines is 2. The zero-order valence-corrected chi connectivity index (χ0v) is 18.9. The lowest BCUT2D eigenvalue weighted by Crippen LogP contribution is -2.07. The van der Waals surface area contributed by atoms with Crippen LogP contribution in [0.4, 0.5) is 11.4 Å². The fraction of sp³-hybridized carbons (Fsp3) is 0.115. The van der Waals surface area contributed by atoms with Crippen molar-refractivity contribution >= 4 is 51.3 Å². The summed E-state index contributed by atoms with van der Waals surface area (Å²) >= 11 is 12.6. The minimum atomic E-state index is -0.356. The SMILES string of the molecule is COC(=O)Cc1cc(OCc2ccc3ccccc3c2)ccc1Nc1c(Cl)cccc1Cl. The summed E-state index contributed by atoms with van der Waals surface area (Å²) in [4.78, 5) is 12.0. The van der Waals surface area contributed by atoms with Gasteiger partial charge in [-0.15, -0.1) is 0 Å². The van der Waals surface area contributed by atoms with Crippen LogP contribution < -0.4 is 10.1 Å². The van der Waals surface area contributed by atoms with E-state index in [1.165, 1.54) is 12.5 Å². The van der Waals surface area contributed by atoms with Crippen molar-refractivity contribution in [1.82, 2.24) is 0 Å². The van der Waals surface area contributed by atoms with Crippen molar-refractivity contribution < 1.29 is 14.3 Å². The van der Waals surface area contributed by atoms with Crippen LogP contribution in [0.5, 0.6) is 5.75 Å². The van der Waals surface area contributed by atoms with Gasteiger partial charge in [-0.3, -0.25) is 4.79 Å². The van der Waals surface area contributed by atoms with Crippen molar-refractivity contribution in [3.63, 3.8) is 0 Å². The van der Waals surface area contributed by atoms with Gasteiger partial charge in [0.25, 0.3) is 0 Å². The largest absolute Gasteiger partial charge is 0.489 e. The molecule has 1 N–H and O–H groups in total. The van der Waals surface area contributed by atoms with Crippen molar-refractivity contribution in [2.24, 2.45) is 0 Å². The molecule has 0 aromatic heterocycles. The first-order valence-corrected chi connectivity index (χ1v) is 10.8. The van der Waals surface area contributed by atoms with Crippen LogP contribution in [0.2, 0.25) is 10.0 Å². The van der Waals surface area contributed by atoms with E-state index in [2.05, 4.69) is 29.6 Å². The maximum absolute atomic E-state index is 12.0. The van der Waals surface area contributed by atoms with Crippen LogP contribution >= 0.6 is 23.2 Å². The van der Waals surface area contributed by atoms with Crippen molar-refractivity contribution in [3.8, 4) is 5.75 Å². The summed E-state index contributed by atoms with van der Waals surface area (Å²) < 4.78 is 10.9. The molecular weight excluding hydrogens is 445 g/mol. The Morgan fingerprint density at radius 3 is 2.38 bits per heavy atom. The first-order chi connectivity index (χ1) is 15.5. The Morgan fingerprint density at radius 2 is 1.62 bits per heavy atom. The fourth-order valence-electron chi connectivity index (χ4n) is 3.40. The normalized spacial score (nSPS) is 10.7. The van der Waals surface area contributed by atoms with Crippen molar-refractivity contribution in [1.29, 1.82) is 0 Å². The van der Waals surface area contributed by atoms with Gasteiger partial charge in [-0.2, -0.15) is 0 Å². The summed E-state index contributed by atoms with van der Waals surface area (Å²) in [6.07, 6.45) is 0.0775. The van der Waals surface area contributed by atoms with Crippen molar-refractivity contribution in [3.05, 3.63) is 100 Å². The lowest BCUT2D eigenvalue weighted by molar-refractivity contribution is -0.139. The molecular formula is C26H21Cl2NO3. The van der Waals surface area contributed by atoms with Crippen LogP contribution in [0.25, 0.3) is 10.8 Å². The summed E-state index contributed by atoms with van der Waals surface area (Å²) in [5.41, 5.74) is 3.04. The molecule has 4 rings (SSSR count). The molecule has 0 spiro atoms. The number of nitrogens with one attached hydrogen (secondary N) is 1. The van der Waals surface area contributed by atoms with Crippen LogP contribution in [0.1, 0.15) is 11.1 Å². The molecule has 0 bridgehead atoms. The molecule has 0 saturated carbocycles. The van der Waals surface area contributed by atoms with E-state index >= 15 is 0 Å². The molecule has 0 radical (unpaired) electrons. The Kier molecular flexibility index (Phi) is 6.84. The number of ether oxygens (including phenoxy) is 2. The average Bonchev–Trinajstić information content (AvgIpc) is 2.81. The Hall–Kier alpha value is -3.21. The molecule has 4 aromatic rings. The Labute approximate surface area is 196 Å². The molecule has 0 aliphatic heterocycles. The summed E-state index contributed by atoms with van der Waals surface area (Å²) in [6.45, 7) is 0.408. The van der Waals surface area contributed by atoms with Crippen LogP contribution in [0.3, 0.4) is 0 Å². The van der Waals surface area contributed by atoms with E-state index in [4.69, 9.17) is 32.7 Å². The topological polar surface area (TPSA) is 47.6 Å². The van der Waals surface area contributed by atoms with E-state index in [0.29, 0.717) is 39.3 Å². The minimum Gasteiger partial charge on any atom is -0.489 e. The van der Waals surface area contributed by atoms with Gasteiger partial charge in [-0.1, -0.05) is 65.7 Å². The Morgan fingerprint density at radius 1 is 0.875 bits per heavy atom. The molecule has 0 aliphatic rings. The van der Waals surface area contributed by atoms with Gasteiger partial charge in [0, 0.05) is 5.69 Å². The standard InChI is InChI=1S/C26H21Cl2NO3/c1-31-25(30)15-20-14-21(11-12-24(20)29-26-22(27)7-4-8-23(26)28)32-16-17-9-10-18-5-2-3-6-19(18)13-17/h2-14,29H,15-16H2,1H3. The Balaban J connectivity index is 1.57. The molecule has 4 aromatic carbocycles. The summed E-state index contributed by atoms with van der Waals surface area (Å²) in [6, 6.07) is 25.2. The zero-order chi connectivity index (χ0) is 22.5. The predicted octanol–water partition coefficient (Wildman–Crippen LogP) is 7.18. The second-order valence-corrected chi connectivity index (χ2v) is 8.08. The van der Waals surface area contributed by atoms with Gasteiger partial charge >= 0.3 is 5.97 Å². The molecule has 0 amide bonds. The van der Waals surface area contributed by atoms with Crippen LogP contribution in [0.15, 0.2) is 78.9 Å². The molecule has 162 valence electrons. The Bertz CT molecular complexity index is 1250. The summed E-state index contributed by atoms with van der Waals surface area (Å²) in [7, 11) is 1.36. The molecule has 0 aliphatic carbocycles. The van der Waals surface area contributed by atoms with E-state index in [1.807, 2.05) is 36.4 Å². The van der Waals surface area contributed by atoms with Gasteiger partial charge in [0.05, 0.1) is 29.3 Å². The van der Waals surface area contributed by atoms with Gasteiger partial charge in [0.15, 0.2) is 0 Å². The van der Waals surface area contributed by atoms with E-state index < -0.39 is 0 Å². The third-order valence-electron chi connectivity index (χ3n) is 5.08. The second kappa shape index (κ2) is 9.94. The molecule has 0 fully saturated rings. The third-order valence-corrected chi connectivity index (χ3v) is 5.71. The van der Waals surface area contributed by atoms with Gasteiger partial charge in [-0.25, -0.2) is 0 Å². The number of carbonyl (C=O) groups is 1. The molecule has 0 heterocycles. The number of esters is 1. The summed E-state index contributed by atoms with van der Waals surface area (Å²) in [5, 5.41) is 6.55. The fourth-order valence-corrected chi connectivity index (χ4v) is 3.89. The van der Waals surface area contributed by atoms with Crippen molar-refractivity contribution in [2.75, 3.05) is 12.4 Å². The van der Waals surface area contributed by atoms with Gasteiger partial charge < -0.3 is 14.8 Å². The van der Waals surface area contributed by atoms with Crippen molar-refractivity contribution in [2.45, 2.75) is 13.0 Å². The number of rotatable bonds is 7. The highest BCUT2D eigenvalue weighted by molar-refractivity contribution is 6.39. The number of para-hydroxylation sites is 1. The zero-order valence-electron chi connectivity index (χ0n) is 17.4. The minimum absolute atomic E-state index is 0.0775. The summed E-state index contributed by atoms with van der Waals surface area (Å²) in [5.74, 6) is 0.290. The molecule has 0 unspecified atom stereocenters. The smallest absolute Gasteiger partial charge is 0.310 e. The highest BCUT2D eigenvalue weighted by Gasteiger charge is 2.13. The molecule has 0 saturated heterocycles. The number of hydrogen-bond acceptors (Lipinski definition) is 4. The number of hydrogen-bond donors (Lipinski definition) is 1. The molecule has 32 heavy (non-hydrogen) atoms. The number of fused-ring (bicyclic) bond motifs is 1. The number of halogens is 2. The maximum atomic E-state index is 12.0. The van der Waals surface area contributed by atoms with E-state index in [0.717, 1.165) is 10.9 Å². The first kappa shape index (κ1) is 22.0.